The van der Waals surface area contributed by atoms with E-state index in [1.807, 2.05) is 0 Å². The van der Waals surface area contributed by atoms with Crippen molar-refractivity contribution in [2.24, 2.45) is 0 Å². The van der Waals surface area contributed by atoms with Gasteiger partial charge in [0.2, 0.25) is 0 Å². The zero-order chi connectivity index (χ0) is 13.6. The number of aromatic nitrogens is 2. The number of nitrogens with zero attached hydrogens (tertiary/aromatic N) is 1. The monoisotopic (exact) mass is 278 g/mol. The minimum atomic E-state index is -0.472. The fourth-order valence-corrected chi connectivity index (χ4v) is 2.26. The maximum atomic E-state index is 13.9. The molecule has 0 unspecified atom stereocenters. The highest BCUT2D eigenvalue weighted by atomic mass is 32.1. The van der Waals surface area contributed by atoms with Gasteiger partial charge in [-0.25, -0.2) is 13.8 Å². The predicted molar refractivity (Wildman–Crippen MR) is 71.5 cm³/mol. The van der Waals surface area contributed by atoms with Crippen LogP contribution in [0, 0.1) is 23.2 Å². The van der Waals surface area contributed by atoms with Gasteiger partial charge in [0, 0.05) is 17.0 Å². The molecular weight excluding hydrogens is 266 g/mol. The number of nitrogens with one attached hydrogen (secondary N) is 1. The number of hydrogen-bond acceptors (Lipinski definition) is 2. The smallest absolute Gasteiger partial charge is 0.133 e. The van der Waals surface area contributed by atoms with E-state index >= 15 is 0 Å². The van der Waals surface area contributed by atoms with Gasteiger partial charge in [0.25, 0.3) is 0 Å². The second kappa shape index (κ2) is 4.49. The lowest BCUT2D eigenvalue weighted by Crippen LogP contribution is -2.01. The van der Waals surface area contributed by atoms with E-state index in [4.69, 9.17) is 12.2 Å². The van der Waals surface area contributed by atoms with Crippen LogP contribution in [-0.2, 0) is 0 Å². The summed E-state index contributed by atoms with van der Waals surface area (Å²) in [4.78, 5) is 7.43. The number of halogens is 2. The van der Waals surface area contributed by atoms with E-state index in [9.17, 15) is 8.78 Å². The molecule has 1 heterocycles. The lowest BCUT2D eigenvalue weighted by Gasteiger charge is -2.10. The highest BCUT2D eigenvalue weighted by Crippen LogP contribution is 2.39. The van der Waals surface area contributed by atoms with Crippen molar-refractivity contribution in [3.8, 4) is 11.3 Å². The van der Waals surface area contributed by atoms with Crippen molar-refractivity contribution >= 4 is 12.2 Å². The lowest BCUT2D eigenvalue weighted by atomic mass is 10.1. The van der Waals surface area contributed by atoms with Crippen molar-refractivity contribution in [3.05, 3.63) is 45.9 Å². The van der Waals surface area contributed by atoms with Crippen LogP contribution in [0.3, 0.4) is 0 Å². The third-order valence-corrected chi connectivity index (χ3v) is 3.73. The first kappa shape index (κ1) is 12.4. The van der Waals surface area contributed by atoms with E-state index in [2.05, 4.69) is 9.97 Å². The van der Waals surface area contributed by atoms with Gasteiger partial charge in [0.05, 0.1) is 5.69 Å². The molecule has 2 aromatic rings. The molecule has 2 nitrogen and oxygen atoms in total. The van der Waals surface area contributed by atoms with Gasteiger partial charge in [-0.1, -0.05) is 12.2 Å². The summed E-state index contributed by atoms with van der Waals surface area (Å²) in [6, 6.07) is 3.41. The van der Waals surface area contributed by atoms with E-state index in [1.54, 1.807) is 6.92 Å². The summed E-state index contributed by atoms with van der Waals surface area (Å²) in [5.74, 6) is 0.204. The fraction of sp³-hybridized carbons (Fsp3) is 0.286. The summed E-state index contributed by atoms with van der Waals surface area (Å²) in [5, 5.41) is 0. The molecule has 1 aromatic carbocycles. The van der Waals surface area contributed by atoms with Gasteiger partial charge in [-0.15, -0.1) is 0 Å². The molecule has 1 N–H and O–H groups in total. The molecule has 0 spiro atoms. The molecule has 1 fully saturated rings. The molecule has 0 amide bonds. The third kappa shape index (κ3) is 2.30. The molecule has 98 valence electrons. The van der Waals surface area contributed by atoms with Crippen LogP contribution >= 0.6 is 12.2 Å². The molecular formula is C14H12F2N2S. The number of benzene rings is 1. The zero-order valence-electron chi connectivity index (χ0n) is 10.3. The van der Waals surface area contributed by atoms with Crippen LogP contribution in [0.1, 0.15) is 30.1 Å². The van der Waals surface area contributed by atoms with E-state index in [-0.39, 0.29) is 5.56 Å². The maximum absolute atomic E-state index is 13.9. The number of H-pyrrole nitrogens is 1. The molecule has 0 radical (unpaired) electrons. The minimum absolute atomic E-state index is 0.202. The zero-order valence-corrected chi connectivity index (χ0v) is 11.2. The van der Waals surface area contributed by atoms with Crippen molar-refractivity contribution in [2.75, 3.05) is 0 Å². The molecule has 0 saturated heterocycles. The van der Waals surface area contributed by atoms with Crippen LogP contribution in [0.2, 0.25) is 0 Å². The first-order chi connectivity index (χ1) is 9.06. The molecule has 1 aromatic heterocycles. The highest BCUT2D eigenvalue weighted by Gasteiger charge is 2.27. The van der Waals surface area contributed by atoms with Crippen molar-refractivity contribution < 1.29 is 8.78 Å². The summed E-state index contributed by atoms with van der Waals surface area (Å²) in [6.45, 7) is 1.77. The van der Waals surface area contributed by atoms with Crippen LogP contribution in [0.5, 0.6) is 0 Å². The predicted octanol–water partition coefficient (Wildman–Crippen LogP) is 4.27. The van der Waals surface area contributed by atoms with E-state index in [0.717, 1.165) is 30.8 Å². The molecule has 0 atom stereocenters. The largest absolute Gasteiger partial charge is 0.343 e. The third-order valence-electron chi connectivity index (χ3n) is 3.33. The molecule has 0 aliphatic heterocycles. The first-order valence-corrected chi connectivity index (χ1v) is 6.53. The van der Waals surface area contributed by atoms with Gasteiger partial charge < -0.3 is 4.98 Å². The fourth-order valence-electron chi connectivity index (χ4n) is 2.06. The second-order valence-electron chi connectivity index (χ2n) is 4.83. The maximum Gasteiger partial charge on any atom is 0.133 e. The van der Waals surface area contributed by atoms with Gasteiger partial charge in [-0.05, 0) is 38.0 Å². The first-order valence-electron chi connectivity index (χ1n) is 6.12. The molecule has 1 aliphatic carbocycles. The normalized spacial score (nSPS) is 14.7. The Bertz CT molecular complexity index is 705. The Labute approximate surface area is 114 Å². The van der Waals surface area contributed by atoms with Crippen LogP contribution in [-0.4, -0.2) is 9.97 Å². The number of rotatable bonds is 2. The quantitative estimate of drug-likeness (QED) is 0.831. The van der Waals surface area contributed by atoms with E-state index in [0.29, 0.717) is 21.8 Å². The topological polar surface area (TPSA) is 28.7 Å². The Morgan fingerprint density at radius 3 is 2.74 bits per heavy atom. The Hall–Kier alpha value is -1.62. The van der Waals surface area contributed by atoms with Gasteiger partial charge in [0.15, 0.2) is 0 Å². The summed E-state index contributed by atoms with van der Waals surface area (Å²) in [7, 11) is 0. The van der Waals surface area contributed by atoms with Crippen LogP contribution in [0.25, 0.3) is 11.3 Å². The second-order valence-corrected chi connectivity index (χ2v) is 5.21. The Kier molecular flexibility index (Phi) is 2.93. The molecule has 0 bridgehead atoms. The number of hydrogen-bond donors (Lipinski definition) is 1. The molecule has 1 saturated carbocycles. The van der Waals surface area contributed by atoms with E-state index in [1.165, 1.54) is 6.07 Å². The van der Waals surface area contributed by atoms with Crippen LogP contribution in [0.4, 0.5) is 8.78 Å². The molecule has 19 heavy (non-hydrogen) atoms. The Balaban J connectivity index is 2.23. The molecule has 3 rings (SSSR count). The van der Waals surface area contributed by atoms with Crippen molar-refractivity contribution in [1.29, 1.82) is 0 Å². The molecule has 1 aliphatic rings. The number of aromatic amines is 1. The molecule has 5 heteroatoms. The summed E-state index contributed by atoms with van der Waals surface area (Å²) in [6.07, 6.45) is 2.12. The van der Waals surface area contributed by atoms with Gasteiger partial charge >= 0.3 is 0 Å². The summed E-state index contributed by atoms with van der Waals surface area (Å²) >= 11 is 5.20. The summed E-state index contributed by atoms with van der Waals surface area (Å²) in [5.41, 5.74) is 1.40. The van der Waals surface area contributed by atoms with Crippen molar-refractivity contribution in [2.45, 2.75) is 25.7 Å². The Morgan fingerprint density at radius 1 is 1.32 bits per heavy atom. The average molecular weight is 278 g/mol. The highest BCUT2D eigenvalue weighted by molar-refractivity contribution is 7.71. The van der Waals surface area contributed by atoms with Crippen molar-refractivity contribution in [3.63, 3.8) is 0 Å². The van der Waals surface area contributed by atoms with Crippen molar-refractivity contribution in [1.82, 2.24) is 9.97 Å². The average Bonchev–Trinajstić information content (AvgIpc) is 3.20. The van der Waals surface area contributed by atoms with Gasteiger partial charge in [0.1, 0.15) is 22.1 Å². The van der Waals surface area contributed by atoms with Crippen LogP contribution in [0.15, 0.2) is 18.2 Å². The van der Waals surface area contributed by atoms with Crippen LogP contribution < -0.4 is 0 Å². The minimum Gasteiger partial charge on any atom is -0.343 e. The van der Waals surface area contributed by atoms with Gasteiger partial charge in [-0.2, -0.15) is 0 Å². The Morgan fingerprint density at radius 2 is 2.05 bits per heavy atom. The standard InChI is InChI=1S/C14H12F2N2S/c1-7-12(10-6-9(15)4-5-11(10)16)17-13(8-2-3-8)18-14(7)19/h4-6,8H,2-3H2,1H3,(H,17,18,19). The summed E-state index contributed by atoms with van der Waals surface area (Å²) < 4.78 is 27.6. The SMILES string of the molecule is Cc1c(-c2cc(F)ccc2F)[nH]c(C2CC2)nc1=S. The van der Waals surface area contributed by atoms with E-state index < -0.39 is 11.6 Å². The van der Waals surface area contributed by atoms with Gasteiger partial charge in [-0.3, -0.25) is 0 Å². The lowest BCUT2D eigenvalue weighted by molar-refractivity contribution is 0.602.